The molecule has 0 saturated heterocycles. The smallest absolute Gasteiger partial charge is 0.00782 e. The van der Waals surface area contributed by atoms with Crippen molar-refractivity contribution in [3.05, 3.63) is 29.3 Å². The molecule has 2 rings (SSSR count). The monoisotopic (exact) mass is 249 g/mol. The zero-order valence-electron chi connectivity index (χ0n) is 11.0. The molecule has 1 aromatic rings. The highest BCUT2D eigenvalue weighted by molar-refractivity contribution is 7.98. The summed E-state index contributed by atoms with van der Waals surface area (Å²) in [5.41, 5.74) is 9.29. The molecule has 2 heteroatoms. The maximum absolute atomic E-state index is 6.10. The first-order valence-electron chi connectivity index (χ1n) is 6.57. The van der Waals surface area contributed by atoms with E-state index in [0.29, 0.717) is 0 Å². The summed E-state index contributed by atoms with van der Waals surface area (Å²) in [5.74, 6) is 0. The zero-order valence-corrected chi connectivity index (χ0v) is 11.8. The minimum Gasteiger partial charge on any atom is -0.330 e. The minimum atomic E-state index is 0.263. The van der Waals surface area contributed by atoms with Crippen molar-refractivity contribution in [1.29, 1.82) is 0 Å². The Labute approximate surface area is 109 Å². The van der Waals surface area contributed by atoms with Crippen LogP contribution in [0.1, 0.15) is 43.2 Å². The van der Waals surface area contributed by atoms with E-state index in [4.69, 9.17) is 5.73 Å². The van der Waals surface area contributed by atoms with Crippen LogP contribution < -0.4 is 5.73 Å². The molecule has 1 nitrogen and oxygen atoms in total. The Balaban J connectivity index is 2.36. The molecule has 0 atom stereocenters. The summed E-state index contributed by atoms with van der Waals surface area (Å²) in [5, 5.41) is 0. The van der Waals surface area contributed by atoms with Gasteiger partial charge >= 0.3 is 0 Å². The van der Waals surface area contributed by atoms with Gasteiger partial charge in [-0.05, 0) is 49.3 Å². The van der Waals surface area contributed by atoms with E-state index in [0.717, 1.165) is 6.54 Å². The first-order valence-corrected chi connectivity index (χ1v) is 7.79. The Morgan fingerprint density at radius 3 is 2.47 bits per heavy atom. The molecular weight excluding hydrogens is 226 g/mol. The quantitative estimate of drug-likeness (QED) is 0.823. The van der Waals surface area contributed by atoms with Crippen LogP contribution in [-0.2, 0) is 5.41 Å². The van der Waals surface area contributed by atoms with Gasteiger partial charge in [0.2, 0.25) is 0 Å². The Hall–Kier alpha value is -0.470. The van der Waals surface area contributed by atoms with Crippen LogP contribution in [0, 0.1) is 6.92 Å². The fourth-order valence-electron chi connectivity index (χ4n) is 3.17. The number of thioether (sulfide) groups is 1. The lowest BCUT2D eigenvalue weighted by Gasteiger charge is -2.38. The van der Waals surface area contributed by atoms with Crippen molar-refractivity contribution in [3.63, 3.8) is 0 Å². The molecule has 1 aliphatic carbocycles. The maximum Gasteiger partial charge on any atom is 0.00782 e. The second-order valence-corrected chi connectivity index (χ2v) is 6.11. The van der Waals surface area contributed by atoms with E-state index in [9.17, 15) is 0 Å². The van der Waals surface area contributed by atoms with Crippen molar-refractivity contribution < 1.29 is 0 Å². The summed E-state index contributed by atoms with van der Waals surface area (Å²) >= 11 is 1.81. The average Bonchev–Trinajstić information content (AvgIpc) is 2.39. The molecule has 94 valence electrons. The van der Waals surface area contributed by atoms with Gasteiger partial charge in [0.25, 0.3) is 0 Å². The van der Waals surface area contributed by atoms with Crippen molar-refractivity contribution in [2.24, 2.45) is 5.73 Å². The van der Waals surface area contributed by atoms with E-state index >= 15 is 0 Å². The van der Waals surface area contributed by atoms with Gasteiger partial charge in [-0.3, -0.25) is 0 Å². The number of nitrogens with two attached hydrogens (primary N) is 1. The lowest BCUT2D eigenvalue weighted by atomic mass is 9.68. The molecule has 0 unspecified atom stereocenters. The predicted octanol–water partition coefficient (Wildman–Crippen LogP) is 3.88. The third-order valence-corrected chi connectivity index (χ3v) is 4.93. The van der Waals surface area contributed by atoms with Gasteiger partial charge in [-0.15, -0.1) is 11.8 Å². The molecular formula is C15H23NS. The van der Waals surface area contributed by atoms with E-state index in [1.54, 1.807) is 0 Å². The number of rotatable bonds is 3. The molecule has 0 radical (unpaired) electrons. The van der Waals surface area contributed by atoms with E-state index in [2.05, 4.69) is 31.4 Å². The normalized spacial score (nSPS) is 19.2. The van der Waals surface area contributed by atoms with Gasteiger partial charge in [0, 0.05) is 16.9 Å². The molecule has 1 aliphatic rings. The minimum absolute atomic E-state index is 0.263. The van der Waals surface area contributed by atoms with E-state index in [-0.39, 0.29) is 5.41 Å². The third kappa shape index (κ3) is 2.53. The molecule has 0 amide bonds. The van der Waals surface area contributed by atoms with Crippen LogP contribution in [-0.4, -0.2) is 12.8 Å². The Morgan fingerprint density at radius 2 is 1.94 bits per heavy atom. The highest BCUT2D eigenvalue weighted by Crippen LogP contribution is 2.40. The van der Waals surface area contributed by atoms with Crippen LogP contribution in [0.4, 0.5) is 0 Å². The van der Waals surface area contributed by atoms with E-state index in [1.165, 1.54) is 48.1 Å². The molecule has 1 aromatic carbocycles. The molecule has 0 heterocycles. The van der Waals surface area contributed by atoms with Crippen molar-refractivity contribution in [2.75, 3.05) is 12.8 Å². The Morgan fingerprint density at radius 1 is 1.24 bits per heavy atom. The summed E-state index contributed by atoms with van der Waals surface area (Å²) in [7, 11) is 0. The third-order valence-electron chi connectivity index (χ3n) is 4.21. The first kappa shape index (κ1) is 13.0. The van der Waals surface area contributed by atoms with Gasteiger partial charge < -0.3 is 5.73 Å². The highest BCUT2D eigenvalue weighted by atomic mass is 32.2. The summed E-state index contributed by atoms with van der Waals surface area (Å²) in [4.78, 5) is 1.36. The molecule has 17 heavy (non-hydrogen) atoms. The second-order valence-electron chi connectivity index (χ2n) is 5.23. The predicted molar refractivity (Wildman–Crippen MR) is 76.8 cm³/mol. The van der Waals surface area contributed by atoms with Crippen LogP contribution in [0.15, 0.2) is 23.1 Å². The van der Waals surface area contributed by atoms with Crippen LogP contribution in [0.3, 0.4) is 0 Å². The number of benzene rings is 1. The summed E-state index contributed by atoms with van der Waals surface area (Å²) < 4.78 is 0. The molecule has 0 bridgehead atoms. The number of hydrogen-bond acceptors (Lipinski definition) is 2. The Kier molecular flexibility index (Phi) is 4.16. The number of hydrogen-bond donors (Lipinski definition) is 1. The SMILES string of the molecule is CSc1ccc(C2(CN)CCCCC2)c(C)c1. The van der Waals surface area contributed by atoms with Crippen LogP contribution in [0.5, 0.6) is 0 Å². The highest BCUT2D eigenvalue weighted by Gasteiger charge is 2.33. The fraction of sp³-hybridized carbons (Fsp3) is 0.600. The molecule has 0 aromatic heterocycles. The van der Waals surface area contributed by atoms with Crippen LogP contribution >= 0.6 is 11.8 Å². The van der Waals surface area contributed by atoms with Gasteiger partial charge in [-0.1, -0.05) is 25.3 Å². The van der Waals surface area contributed by atoms with Gasteiger partial charge in [0.1, 0.15) is 0 Å². The molecule has 1 saturated carbocycles. The zero-order chi connectivity index (χ0) is 12.3. The van der Waals surface area contributed by atoms with Crippen molar-refractivity contribution >= 4 is 11.8 Å². The van der Waals surface area contributed by atoms with Gasteiger partial charge in [-0.2, -0.15) is 0 Å². The van der Waals surface area contributed by atoms with E-state index in [1.807, 2.05) is 11.8 Å². The van der Waals surface area contributed by atoms with Gasteiger partial charge in [0.15, 0.2) is 0 Å². The maximum atomic E-state index is 6.10. The first-order chi connectivity index (χ1) is 8.22. The van der Waals surface area contributed by atoms with Gasteiger partial charge in [0.05, 0.1) is 0 Å². The van der Waals surface area contributed by atoms with Gasteiger partial charge in [-0.25, -0.2) is 0 Å². The fourth-order valence-corrected chi connectivity index (χ4v) is 3.67. The second kappa shape index (κ2) is 5.45. The lowest BCUT2D eigenvalue weighted by molar-refractivity contribution is 0.299. The van der Waals surface area contributed by atoms with Crippen molar-refractivity contribution in [1.82, 2.24) is 0 Å². The summed E-state index contributed by atoms with van der Waals surface area (Å²) in [6, 6.07) is 6.88. The van der Waals surface area contributed by atoms with Crippen LogP contribution in [0.25, 0.3) is 0 Å². The van der Waals surface area contributed by atoms with E-state index < -0.39 is 0 Å². The molecule has 0 aliphatic heterocycles. The topological polar surface area (TPSA) is 26.0 Å². The summed E-state index contributed by atoms with van der Waals surface area (Å²) in [6.07, 6.45) is 8.71. The molecule has 1 fully saturated rings. The van der Waals surface area contributed by atoms with Crippen molar-refractivity contribution in [2.45, 2.75) is 49.3 Å². The largest absolute Gasteiger partial charge is 0.330 e. The Bertz CT molecular complexity index is 381. The molecule has 2 N–H and O–H groups in total. The summed E-state index contributed by atoms with van der Waals surface area (Å²) in [6.45, 7) is 3.04. The lowest BCUT2D eigenvalue weighted by Crippen LogP contribution is -2.37. The average molecular weight is 249 g/mol. The standard InChI is InChI=1S/C15H23NS/c1-12-10-13(17-2)6-7-14(12)15(11-16)8-4-3-5-9-15/h6-7,10H,3-5,8-9,11,16H2,1-2H3. The number of aryl methyl sites for hydroxylation is 1. The van der Waals surface area contributed by atoms with Crippen LogP contribution in [0.2, 0.25) is 0 Å². The molecule has 0 spiro atoms. The van der Waals surface area contributed by atoms with Crippen molar-refractivity contribution in [3.8, 4) is 0 Å².